The molecule has 0 aliphatic carbocycles. The van der Waals surface area contributed by atoms with Gasteiger partial charge in [-0.15, -0.1) is 16.9 Å². The summed E-state index contributed by atoms with van der Waals surface area (Å²) < 4.78 is 1.32. The molecule has 6 heteroatoms. The molecule has 3 aromatic rings. The Morgan fingerprint density at radius 1 is 1.29 bits per heavy atom. The average Bonchev–Trinajstić information content (AvgIpc) is 2.89. The van der Waals surface area contributed by atoms with Gasteiger partial charge in [0.25, 0.3) is 5.91 Å². The van der Waals surface area contributed by atoms with Gasteiger partial charge in [0.1, 0.15) is 5.52 Å². The number of nitrogens with zero attached hydrogens (tertiary/aromatic N) is 3. The number of thioether (sulfide) groups is 1. The Labute approximate surface area is 131 Å². The molecule has 0 aliphatic heterocycles. The highest BCUT2D eigenvalue weighted by Crippen LogP contribution is 2.23. The highest BCUT2D eigenvalue weighted by molar-refractivity contribution is 8.00. The topological polar surface area (TPSA) is 47.8 Å². The first-order valence-electron chi connectivity index (χ1n) is 6.38. The van der Waals surface area contributed by atoms with Crippen molar-refractivity contribution in [2.75, 3.05) is 5.75 Å². The molecule has 0 radical (unpaired) electrons. The summed E-state index contributed by atoms with van der Waals surface area (Å²) in [5.41, 5.74) is 2.24. The van der Waals surface area contributed by atoms with Gasteiger partial charge in [-0.3, -0.25) is 4.79 Å². The van der Waals surface area contributed by atoms with Gasteiger partial charge >= 0.3 is 0 Å². The standard InChI is InChI=1S/C15H12ClN3OS/c1-10-7-13-14(8-12(10)16)19(18-17-13)15(20)9-21-11-5-3-2-4-6-11/h2-8H,9H2,1H3. The Morgan fingerprint density at radius 2 is 2.05 bits per heavy atom. The fourth-order valence-corrected chi connectivity index (χ4v) is 2.87. The summed E-state index contributed by atoms with van der Waals surface area (Å²) in [6.07, 6.45) is 0. The molecule has 0 bridgehead atoms. The number of rotatable bonds is 3. The zero-order valence-electron chi connectivity index (χ0n) is 11.3. The number of aryl methyl sites for hydroxylation is 1. The van der Waals surface area contributed by atoms with E-state index in [-0.39, 0.29) is 5.91 Å². The quantitative estimate of drug-likeness (QED) is 0.689. The van der Waals surface area contributed by atoms with E-state index in [2.05, 4.69) is 10.3 Å². The lowest BCUT2D eigenvalue weighted by atomic mass is 10.2. The largest absolute Gasteiger partial charge is 0.272 e. The molecule has 0 spiro atoms. The minimum Gasteiger partial charge on any atom is -0.272 e. The van der Waals surface area contributed by atoms with Crippen LogP contribution in [0, 0.1) is 6.92 Å². The highest BCUT2D eigenvalue weighted by Gasteiger charge is 2.13. The summed E-state index contributed by atoms with van der Waals surface area (Å²) in [7, 11) is 0. The van der Waals surface area contributed by atoms with Crippen LogP contribution in [0.25, 0.3) is 11.0 Å². The molecule has 0 fully saturated rings. The molecular formula is C15H12ClN3OS. The van der Waals surface area contributed by atoms with Crippen molar-refractivity contribution >= 4 is 40.3 Å². The molecule has 2 aromatic carbocycles. The molecule has 4 nitrogen and oxygen atoms in total. The molecule has 0 aliphatic rings. The molecule has 1 aromatic heterocycles. The Kier molecular flexibility index (Phi) is 3.94. The van der Waals surface area contributed by atoms with E-state index in [0.29, 0.717) is 21.8 Å². The maximum atomic E-state index is 12.3. The second-order valence-corrected chi connectivity index (χ2v) is 6.04. The summed E-state index contributed by atoms with van der Waals surface area (Å²) in [6, 6.07) is 13.3. The third-order valence-electron chi connectivity index (χ3n) is 3.07. The van der Waals surface area contributed by atoms with Gasteiger partial charge in [-0.2, -0.15) is 4.68 Å². The third kappa shape index (κ3) is 2.94. The van der Waals surface area contributed by atoms with Crippen LogP contribution in [0.5, 0.6) is 0 Å². The molecule has 21 heavy (non-hydrogen) atoms. The Balaban J connectivity index is 1.83. The van der Waals surface area contributed by atoms with Gasteiger partial charge in [-0.1, -0.05) is 35.0 Å². The summed E-state index contributed by atoms with van der Waals surface area (Å²) in [6.45, 7) is 1.90. The van der Waals surface area contributed by atoms with Crippen molar-refractivity contribution in [2.24, 2.45) is 0 Å². The average molecular weight is 318 g/mol. The van der Waals surface area contributed by atoms with Crippen LogP contribution in [0.2, 0.25) is 5.02 Å². The van der Waals surface area contributed by atoms with Crippen LogP contribution in [-0.2, 0) is 0 Å². The van der Waals surface area contributed by atoms with E-state index in [0.717, 1.165) is 10.5 Å². The minimum atomic E-state index is -0.119. The van der Waals surface area contributed by atoms with E-state index >= 15 is 0 Å². The van der Waals surface area contributed by atoms with Crippen molar-refractivity contribution in [3.05, 3.63) is 53.1 Å². The molecule has 1 heterocycles. The van der Waals surface area contributed by atoms with Gasteiger partial charge in [0, 0.05) is 9.92 Å². The van der Waals surface area contributed by atoms with E-state index in [4.69, 9.17) is 11.6 Å². The maximum Gasteiger partial charge on any atom is 0.259 e. The smallest absolute Gasteiger partial charge is 0.259 e. The van der Waals surface area contributed by atoms with Crippen molar-refractivity contribution in [2.45, 2.75) is 11.8 Å². The molecule has 0 amide bonds. The number of aromatic nitrogens is 3. The van der Waals surface area contributed by atoms with Gasteiger partial charge in [0.15, 0.2) is 0 Å². The predicted molar refractivity (Wildman–Crippen MR) is 85.1 cm³/mol. The van der Waals surface area contributed by atoms with Gasteiger partial charge < -0.3 is 0 Å². The SMILES string of the molecule is Cc1cc2nnn(C(=O)CSc3ccccc3)c2cc1Cl. The van der Waals surface area contributed by atoms with Gasteiger partial charge in [0.05, 0.1) is 11.3 Å². The molecule has 0 saturated carbocycles. The minimum absolute atomic E-state index is 0.119. The highest BCUT2D eigenvalue weighted by atomic mass is 35.5. The van der Waals surface area contributed by atoms with Crippen LogP contribution in [0.3, 0.4) is 0 Å². The molecule has 3 rings (SSSR count). The van der Waals surface area contributed by atoms with E-state index in [1.165, 1.54) is 16.4 Å². The van der Waals surface area contributed by atoms with E-state index in [1.54, 1.807) is 6.07 Å². The fourth-order valence-electron chi connectivity index (χ4n) is 1.95. The molecule has 106 valence electrons. The zero-order chi connectivity index (χ0) is 14.8. The molecule has 0 N–H and O–H groups in total. The monoisotopic (exact) mass is 317 g/mol. The lowest BCUT2D eigenvalue weighted by Gasteiger charge is -2.03. The Bertz CT molecular complexity index is 801. The van der Waals surface area contributed by atoms with Crippen LogP contribution in [0.4, 0.5) is 0 Å². The fraction of sp³-hybridized carbons (Fsp3) is 0.133. The van der Waals surface area contributed by atoms with E-state index < -0.39 is 0 Å². The normalized spacial score (nSPS) is 11.0. The molecule has 0 unspecified atom stereocenters. The number of hydrogen-bond acceptors (Lipinski definition) is 4. The van der Waals surface area contributed by atoms with Crippen molar-refractivity contribution in [3.8, 4) is 0 Å². The van der Waals surface area contributed by atoms with Crippen molar-refractivity contribution in [3.63, 3.8) is 0 Å². The third-order valence-corrected chi connectivity index (χ3v) is 4.47. The number of carbonyl (C=O) groups is 1. The summed E-state index contributed by atoms with van der Waals surface area (Å²) >= 11 is 7.58. The number of hydrogen-bond donors (Lipinski definition) is 0. The van der Waals surface area contributed by atoms with Crippen LogP contribution in [-0.4, -0.2) is 26.7 Å². The number of halogens is 1. The summed E-state index contributed by atoms with van der Waals surface area (Å²) in [4.78, 5) is 13.3. The first-order valence-corrected chi connectivity index (χ1v) is 7.74. The lowest BCUT2D eigenvalue weighted by molar-refractivity contribution is 0.0930. The van der Waals surface area contributed by atoms with Crippen LogP contribution in [0.1, 0.15) is 10.4 Å². The molecular weight excluding hydrogens is 306 g/mol. The van der Waals surface area contributed by atoms with Crippen LogP contribution < -0.4 is 0 Å². The van der Waals surface area contributed by atoms with Crippen molar-refractivity contribution in [1.29, 1.82) is 0 Å². The zero-order valence-corrected chi connectivity index (χ0v) is 12.9. The number of fused-ring (bicyclic) bond motifs is 1. The van der Waals surface area contributed by atoms with Crippen LogP contribution in [0.15, 0.2) is 47.4 Å². The second-order valence-electron chi connectivity index (χ2n) is 4.59. The summed E-state index contributed by atoms with van der Waals surface area (Å²) in [5.74, 6) is 0.180. The van der Waals surface area contributed by atoms with Gasteiger partial charge in [0.2, 0.25) is 0 Å². The second kappa shape index (κ2) is 5.87. The lowest BCUT2D eigenvalue weighted by Crippen LogP contribution is -2.14. The first-order chi connectivity index (χ1) is 10.1. The van der Waals surface area contributed by atoms with Gasteiger partial charge in [-0.25, -0.2) is 0 Å². The molecule has 0 saturated heterocycles. The van der Waals surface area contributed by atoms with Crippen LogP contribution >= 0.6 is 23.4 Å². The first kappa shape index (κ1) is 14.1. The Morgan fingerprint density at radius 3 is 2.81 bits per heavy atom. The van der Waals surface area contributed by atoms with Crippen molar-refractivity contribution in [1.82, 2.24) is 15.0 Å². The van der Waals surface area contributed by atoms with E-state index in [1.807, 2.05) is 43.3 Å². The number of benzene rings is 2. The molecule has 0 atom stereocenters. The Hall–Kier alpha value is -1.85. The number of carbonyl (C=O) groups excluding carboxylic acids is 1. The summed E-state index contributed by atoms with van der Waals surface area (Å²) in [5, 5.41) is 8.56. The predicted octanol–water partition coefficient (Wildman–Crippen LogP) is 3.83. The maximum absolute atomic E-state index is 12.3. The van der Waals surface area contributed by atoms with Gasteiger partial charge in [-0.05, 0) is 36.8 Å². The van der Waals surface area contributed by atoms with E-state index in [9.17, 15) is 4.79 Å². The van der Waals surface area contributed by atoms with Crippen molar-refractivity contribution < 1.29 is 4.79 Å².